The average Bonchev–Trinajstić information content (AvgIpc) is 3.41. The monoisotopic (exact) mass is 561 g/mol. The van der Waals surface area contributed by atoms with Gasteiger partial charge >= 0.3 is 11.9 Å². The van der Waals surface area contributed by atoms with Crippen LogP contribution in [0.4, 0.5) is 0 Å². The van der Waals surface area contributed by atoms with Gasteiger partial charge in [0.1, 0.15) is 23.9 Å². The van der Waals surface area contributed by atoms with Crippen molar-refractivity contribution in [3.8, 4) is 5.75 Å². The highest BCUT2D eigenvalue weighted by Crippen LogP contribution is 2.12. The lowest BCUT2D eigenvalue weighted by molar-refractivity contribution is -0.143. The highest BCUT2D eigenvalue weighted by atomic mass is 16.4. The smallest absolute Gasteiger partial charge is 0.326 e. The van der Waals surface area contributed by atoms with E-state index in [1.54, 1.807) is 0 Å². The maximum Gasteiger partial charge on any atom is 0.326 e. The number of hydrogen-bond acceptors (Lipinski definition) is 9. The number of benzene rings is 1. The predicted octanol–water partition coefficient (Wildman–Crippen LogP) is -1.63. The third-order valence-electron chi connectivity index (χ3n) is 5.91. The second-order valence-corrected chi connectivity index (χ2v) is 9.16. The molecular weight excluding hydrogens is 526 g/mol. The predicted molar refractivity (Wildman–Crippen MR) is 141 cm³/mol. The van der Waals surface area contributed by atoms with Gasteiger partial charge in [-0.2, -0.15) is 0 Å². The number of nitrogens with two attached hydrogens (primary N) is 2. The van der Waals surface area contributed by atoms with Gasteiger partial charge in [0.25, 0.3) is 0 Å². The van der Waals surface area contributed by atoms with E-state index in [0.29, 0.717) is 30.6 Å². The van der Waals surface area contributed by atoms with E-state index in [-0.39, 0.29) is 25.0 Å². The Hall–Kier alpha value is -4.50. The molecule has 3 amide bonds. The molecule has 0 aliphatic carbocycles. The molecule has 1 aromatic carbocycles. The van der Waals surface area contributed by atoms with Crippen LogP contribution in [0.3, 0.4) is 0 Å². The number of imidazole rings is 1. The number of rotatable bonds is 17. The third-order valence-corrected chi connectivity index (χ3v) is 5.91. The molecule has 1 aromatic heterocycles. The van der Waals surface area contributed by atoms with Gasteiger partial charge in [-0.25, -0.2) is 9.78 Å². The van der Waals surface area contributed by atoms with Gasteiger partial charge in [0.15, 0.2) is 0 Å². The van der Waals surface area contributed by atoms with E-state index in [2.05, 4.69) is 25.9 Å². The Labute approximate surface area is 229 Å². The fourth-order valence-electron chi connectivity index (χ4n) is 3.76. The summed E-state index contributed by atoms with van der Waals surface area (Å²) in [6, 6.07) is 0.361. The zero-order chi connectivity index (χ0) is 29.7. The summed E-state index contributed by atoms with van der Waals surface area (Å²) in [5.74, 6) is -5.37. The number of aromatic hydroxyl groups is 1. The summed E-state index contributed by atoms with van der Waals surface area (Å²) >= 11 is 0. The minimum absolute atomic E-state index is 0.0285. The molecule has 15 heteroatoms. The number of carboxylic acids is 2. The first kappa shape index (κ1) is 31.7. The minimum Gasteiger partial charge on any atom is -0.508 e. The molecule has 0 spiro atoms. The number of amides is 3. The number of nitrogens with zero attached hydrogens (tertiary/aromatic N) is 1. The zero-order valence-electron chi connectivity index (χ0n) is 21.7. The van der Waals surface area contributed by atoms with Crippen molar-refractivity contribution in [3.63, 3.8) is 0 Å². The number of phenolic OH excluding ortho intramolecular Hbond substituents is 1. The highest BCUT2D eigenvalue weighted by molar-refractivity contribution is 5.95. The standard InChI is InChI=1S/C25H35N7O8/c26-8-2-1-3-18(30-22(36)17(27)10-15-12-28-13-29-15)23(37)31-19(11-21(34)35)24(38)32-20(25(39)40)9-14-4-6-16(33)7-5-14/h4-7,12-13,17-20,33H,1-3,8-11,26-27H2,(H,28,29)(H,30,36)(H,31,37)(H,32,38)(H,34,35)(H,39,40). The van der Waals surface area contributed by atoms with Gasteiger partial charge in [0.2, 0.25) is 17.7 Å². The number of carboxylic acid groups (broad SMARTS) is 2. The van der Waals surface area contributed by atoms with Gasteiger partial charge in [-0.1, -0.05) is 12.1 Å². The average molecular weight is 562 g/mol. The van der Waals surface area contributed by atoms with E-state index in [1.807, 2.05) is 0 Å². The Bertz CT molecular complexity index is 1140. The summed E-state index contributed by atoms with van der Waals surface area (Å²) in [6.45, 7) is 0.337. The van der Waals surface area contributed by atoms with Crippen molar-refractivity contribution in [3.05, 3.63) is 48.0 Å². The SMILES string of the molecule is NCCCCC(NC(=O)C(N)Cc1cnc[nH]1)C(=O)NC(CC(=O)O)C(=O)NC(Cc1ccc(O)cc1)C(=O)O. The number of carbonyl (C=O) groups is 5. The minimum atomic E-state index is -1.64. The van der Waals surface area contributed by atoms with Crippen LogP contribution in [0.25, 0.3) is 0 Å². The van der Waals surface area contributed by atoms with Crippen LogP contribution in [0, 0.1) is 0 Å². The first-order valence-corrected chi connectivity index (χ1v) is 12.6. The Morgan fingerprint density at radius 1 is 0.875 bits per heavy atom. The summed E-state index contributed by atoms with van der Waals surface area (Å²) < 4.78 is 0. The van der Waals surface area contributed by atoms with Crippen molar-refractivity contribution in [2.75, 3.05) is 6.54 Å². The molecule has 0 radical (unpaired) electrons. The fraction of sp³-hybridized carbons (Fsp3) is 0.440. The molecular formula is C25H35N7O8. The first-order valence-electron chi connectivity index (χ1n) is 12.6. The van der Waals surface area contributed by atoms with Gasteiger partial charge in [-0.05, 0) is 43.5 Å². The molecule has 0 aliphatic rings. The number of hydrogen-bond donors (Lipinski definition) is 9. The molecule has 4 unspecified atom stereocenters. The Morgan fingerprint density at radius 2 is 1.50 bits per heavy atom. The maximum absolute atomic E-state index is 13.1. The number of H-pyrrole nitrogens is 1. The quantitative estimate of drug-likeness (QED) is 0.0990. The molecule has 2 aromatic rings. The van der Waals surface area contributed by atoms with Crippen LogP contribution in [0.1, 0.15) is 36.9 Å². The number of aliphatic carboxylic acids is 2. The van der Waals surface area contributed by atoms with E-state index in [4.69, 9.17) is 11.5 Å². The molecule has 0 bridgehead atoms. The van der Waals surface area contributed by atoms with E-state index >= 15 is 0 Å². The van der Waals surface area contributed by atoms with Crippen molar-refractivity contribution in [1.82, 2.24) is 25.9 Å². The molecule has 0 saturated heterocycles. The molecule has 15 nitrogen and oxygen atoms in total. The Balaban J connectivity index is 2.13. The van der Waals surface area contributed by atoms with Crippen LogP contribution in [-0.4, -0.2) is 85.7 Å². The van der Waals surface area contributed by atoms with Crippen molar-refractivity contribution in [1.29, 1.82) is 0 Å². The second-order valence-electron chi connectivity index (χ2n) is 9.16. The number of aromatic amines is 1. The van der Waals surface area contributed by atoms with Crippen LogP contribution in [0.5, 0.6) is 5.75 Å². The lowest BCUT2D eigenvalue weighted by atomic mass is 10.0. The van der Waals surface area contributed by atoms with E-state index in [1.165, 1.54) is 36.8 Å². The molecule has 0 aliphatic heterocycles. The molecule has 2 rings (SSSR count). The normalized spacial score (nSPS) is 13.8. The summed E-state index contributed by atoms with van der Waals surface area (Å²) in [4.78, 5) is 68.7. The number of unbranched alkanes of at least 4 members (excludes halogenated alkanes) is 1. The lowest BCUT2D eigenvalue weighted by Crippen LogP contribution is -2.57. The van der Waals surface area contributed by atoms with E-state index in [0.717, 1.165) is 0 Å². The van der Waals surface area contributed by atoms with Gasteiger partial charge in [-0.3, -0.25) is 19.2 Å². The van der Waals surface area contributed by atoms with Gasteiger partial charge in [0.05, 0.1) is 18.8 Å². The summed E-state index contributed by atoms with van der Waals surface area (Å²) in [5, 5.41) is 35.4. The third kappa shape index (κ3) is 10.7. The van der Waals surface area contributed by atoms with Crippen molar-refractivity contribution in [2.45, 2.75) is 62.7 Å². The zero-order valence-corrected chi connectivity index (χ0v) is 21.7. The van der Waals surface area contributed by atoms with E-state index < -0.39 is 60.2 Å². The molecule has 0 saturated carbocycles. The Kier molecular flexibility index (Phi) is 12.5. The molecule has 4 atom stereocenters. The van der Waals surface area contributed by atoms with Crippen molar-refractivity contribution in [2.24, 2.45) is 11.5 Å². The molecule has 0 fully saturated rings. The first-order chi connectivity index (χ1) is 19.0. The largest absolute Gasteiger partial charge is 0.508 e. The number of phenols is 1. The number of aromatic nitrogens is 2. The second kappa shape index (κ2) is 15.8. The van der Waals surface area contributed by atoms with Crippen LogP contribution in [0.15, 0.2) is 36.8 Å². The summed E-state index contributed by atoms with van der Waals surface area (Å²) in [6.07, 6.45) is 3.14. The van der Waals surface area contributed by atoms with Crippen LogP contribution in [-0.2, 0) is 36.8 Å². The van der Waals surface area contributed by atoms with Crippen molar-refractivity contribution >= 4 is 29.7 Å². The van der Waals surface area contributed by atoms with E-state index in [9.17, 15) is 39.3 Å². The van der Waals surface area contributed by atoms with Crippen LogP contribution in [0.2, 0.25) is 0 Å². The highest BCUT2D eigenvalue weighted by Gasteiger charge is 2.31. The number of carbonyl (C=O) groups excluding carboxylic acids is 3. The summed E-state index contributed by atoms with van der Waals surface area (Å²) in [5.41, 5.74) is 12.6. The molecule has 1 heterocycles. The van der Waals surface area contributed by atoms with Gasteiger partial charge in [-0.15, -0.1) is 0 Å². The van der Waals surface area contributed by atoms with Crippen LogP contribution < -0.4 is 27.4 Å². The maximum atomic E-state index is 13.1. The van der Waals surface area contributed by atoms with Gasteiger partial charge in [0, 0.05) is 24.7 Å². The molecule has 218 valence electrons. The molecule has 40 heavy (non-hydrogen) atoms. The number of nitrogens with one attached hydrogen (secondary N) is 4. The fourth-order valence-corrected chi connectivity index (χ4v) is 3.76. The summed E-state index contributed by atoms with van der Waals surface area (Å²) in [7, 11) is 0. The van der Waals surface area contributed by atoms with Gasteiger partial charge < -0.3 is 47.7 Å². The lowest BCUT2D eigenvalue weighted by Gasteiger charge is -2.24. The molecule has 11 N–H and O–H groups in total. The van der Waals surface area contributed by atoms with Crippen LogP contribution >= 0.6 is 0 Å². The topological polar surface area (TPSA) is 263 Å². The Morgan fingerprint density at radius 3 is 2.08 bits per heavy atom. The van der Waals surface area contributed by atoms with Crippen molar-refractivity contribution < 1.29 is 39.3 Å².